The van der Waals surface area contributed by atoms with Crippen LogP contribution in [0.4, 0.5) is 0 Å². The van der Waals surface area contributed by atoms with Crippen LogP contribution < -0.4 is 5.32 Å². The van der Waals surface area contributed by atoms with Crippen molar-refractivity contribution in [1.82, 2.24) is 10.2 Å². The van der Waals surface area contributed by atoms with Crippen LogP contribution in [0.2, 0.25) is 0 Å². The number of piperidine rings is 1. The van der Waals surface area contributed by atoms with Gasteiger partial charge in [-0.3, -0.25) is 0 Å². The summed E-state index contributed by atoms with van der Waals surface area (Å²) in [5.74, 6) is 0. The first-order valence-corrected chi connectivity index (χ1v) is 7.75. The molecule has 2 unspecified atom stereocenters. The molecule has 1 fully saturated rings. The van der Waals surface area contributed by atoms with E-state index in [-0.39, 0.29) is 0 Å². The summed E-state index contributed by atoms with van der Waals surface area (Å²) in [5, 5.41) is 3.65. The summed E-state index contributed by atoms with van der Waals surface area (Å²) in [6.07, 6.45) is 9.49. The van der Waals surface area contributed by atoms with Crippen molar-refractivity contribution < 1.29 is 0 Å². The lowest BCUT2D eigenvalue weighted by Crippen LogP contribution is -2.38. The SMILES string of the molecule is CCCNC(CC)CCCN1CCCCC1C. The van der Waals surface area contributed by atoms with E-state index in [9.17, 15) is 0 Å². The molecule has 102 valence electrons. The van der Waals surface area contributed by atoms with Crippen molar-refractivity contribution >= 4 is 0 Å². The van der Waals surface area contributed by atoms with Gasteiger partial charge in [-0.25, -0.2) is 0 Å². The summed E-state index contributed by atoms with van der Waals surface area (Å²) in [6.45, 7) is 10.8. The quantitative estimate of drug-likeness (QED) is 0.699. The van der Waals surface area contributed by atoms with E-state index in [2.05, 4.69) is 31.0 Å². The minimum Gasteiger partial charge on any atom is -0.314 e. The van der Waals surface area contributed by atoms with Crippen molar-refractivity contribution in [2.45, 2.75) is 77.8 Å². The normalized spacial score (nSPS) is 23.8. The molecule has 1 N–H and O–H groups in total. The summed E-state index contributed by atoms with van der Waals surface area (Å²) in [5.41, 5.74) is 0. The Morgan fingerprint density at radius 2 is 2.12 bits per heavy atom. The van der Waals surface area contributed by atoms with Crippen LogP contribution in [0.1, 0.15) is 65.7 Å². The fourth-order valence-corrected chi connectivity index (χ4v) is 2.83. The first-order chi connectivity index (χ1) is 8.27. The molecular formula is C15H32N2. The van der Waals surface area contributed by atoms with E-state index in [0.717, 1.165) is 12.1 Å². The maximum atomic E-state index is 3.65. The van der Waals surface area contributed by atoms with Gasteiger partial charge in [0, 0.05) is 12.1 Å². The number of likely N-dealkylation sites (tertiary alicyclic amines) is 1. The number of hydrogen-bond acceptors (Lipinski definition) is 2. The van der Waals surface area contributed by atoms with E-state index in [1.807, 2.05) is 0 Å². The minimum absolute atomic E-state index is 0.745. The molecule has 2 heteroatoms. The second kappa shape index (κ2) is 8.93. The fourth-order valence-electron chi connectivity index (χ4n) is 2.83. The smallest absolute Gasteiger partial charge is 0.00669 e. The van der Waals surface area contributed by atoms with E-state index in [1.165, 1.54) is 64.6 Å². The lowest BCUT2D eigenvalue weighted by Gasteiger charge is -2.33. The predicted molar refractivity (Wildman–Crippen MR) is 76.5 cm³/mol. The monoisotopic (exact) mass is 240 g/mol. The molecule has 17 heavy (non-hydrogen) atoms. The van der Waals surface area contributed by atoms with Gasteiger partial charge >= 0.3 is 0 Å². The number of rotatable bonds is 8. The third-order valence-electron chi connectivity index (χ3n) is 4.11. The summed E-state index contributed by atoms with van der Waals surface area (Å²) in [4.78, 5) is 2.69. The summed E-state index contributed by atoms with van der Waals surface area (Å²) in [6, 6.07) is 1.57. The Kier molecular flexibility index (Phi) is 7.87. The van der Waals surface area contributed by atoms with Crippen LogP contribution in [-0.4, -0.2) is 36.6 Å². The third-order valence-corrected chi connectivity index (χ3v) is 4.11. The largest absolute Gasteiger partial charge is 0.314 e. The average molecular weight is 240 g/mol. The van der Waals surface area contributed by atoms with Gasteiger partial charge < -0.3 is 10.2 Å². The Bertz CT molecular complexity index is 182. The molecule has 0 aromatic rings. The van der Waals surface area contributed by atoms with Gasteiger partial charge in [-0.15, -0.1) is 0 Å². The number of nitrogens with one attached hydrogen (secondary N) is 1. The first kappa shape index (κ1) is 15.0. The molecule has 2 nitrogen and oxygen atoms in total. The van der Waals surface area contributed by atoms with Gasteiger partial charge in [0.25, 0.3) is 0 Å². The van der Waals surface area contributed by atoms with Crippen molar-refractivity contribution in [3.63, 3.8) is 0 Å². The van der Waals surface area contributed by atoms with Gasteiger partial charge in [-0.2, -0.15) is 0 Å². The van der Waals surface area contributed by atoms with Crippen LogP contribution in [-0.2, 0) is 0 Å². The Morgan fingerprint density at radius 1 is 1.29 bits per heavy atom. The predicted octanol–water partition coefficient (Wildman–Crippen LogP) is 3.42. The van der Waals surface area contributed by atoms with Crippen molar-refractivity contribution in [2.24, 2.45) is 0 Å². The van der Waals surface area contributed by atoms with Crippen molar-refractivity contribution in [3.8, 4) is 0 Å². The molecule has 0 radical (unpaired) electrons. The lowest BCUT2D eigenvalue weighted by molar-refractivity contribution is 0.156. The topological polar surface area (TPSA) is 15.3 Å². The fraction of sp³-hybridized carbons (Fsp3) is 1.00. The Hall–Kier alpha value is -0.0800. The molecule has 1 rings (SSSR count). The van der Waals surface area contributed by atoms with Gasteiger partial charge in [0.2, 0.25) is 0 Å². The van der Waals surface area contributed by atoms with Crippen LogP contribution in [0.15, 0.2) is 0 Å². The first-order valence-electron chi connectivity index (χ1n) is 7.75. The van der Waals surface area contributed by atoms with Gasteiger partial charge in [-0.1, -0.05) is 20.3 Å². The van der Waals surface area contributed by atoms with Gasteiger partial charge in [0.05, 0.1) is 0 Å². The molecule has 1 aliphatic rings. The molecule has 0 aromatic heterocycles. The highest BCUT2D eigenvalue weighted by atomic mass is 15.2. The zero-order valence-electron chi connectivity index (χ0n) is 12.2. The zero-order chi connectivity index (χ0) is 12.5. The molecule has 0 bridgehead atoms. The van der Waals surface area contributed by atoms with Crippen LogP contribution in [0.3, 0.4) is 0 Å². The molecule has 1 aliphatic heterocycles. The molecule has 2 atom stereocenters. The average Bonchev–Trinajstić information content (AvgIpc) is 2.35. The van der Waals surface area contributed by atoms with Crippen LogP contribution >= 0.6 is 0 Å². The van der Waals surface area contributed by atoms with E-state index in [4.69, 9.17) is 0 Å². The lowest BCUT2D eigenvalue weighted by atomic mass is 10.0. The van der Waals surface area contributed by atoms with Crippen LogP contribution in [0, 0.1) is 0 Å². The van der Waals surface area contributed by atoms with Crippen LogP contribution in [0.25, 0.3) is 0 Å². The Labute approximate surface area is 108 Å². The highest BCUT2D eigenvalue weighted by Crippen LogP contribution is 2.17. The van der Waals surface area contributed by atoms with E-state index < -0.39 is 0 Å². The molecule has 0 aromatic carbocycles. The molecule has 0 aliphatic carbocycles. The number of hydrogen-bond donors (Lipinski definition) is 1. The minimum atomic E-state index is 0.745. The Morgan fingerprint density at radius 3 is 2.76 bits per heavy atom. The van der Waals surface area contributed by atoms with Gasteiger partial charge in [-0.05, 0) is 65.1 Å². The summed E-state index contributed by atoms with van der Waals surface area (Å²) in [7, 11) is 0. The third kappa shape index (κ3) is 5.87. The second-order valence-corrected chi connectivity index (χ2v) is 5.58. The summed E-state index contributed by atoms with van der Waals surface area (Å²) < 4.78 is 0. The standard InChI is InChI=1S/C15H32N2/c1-4-11-16-15(5-2)10-8-13-17-12-7-6-9-14(17)3/h14-16H,4-13H2,1-3H3. The van der Waals surface area contributed by atoms with Crippen molar-refractivity contribution in [3.05, 3.63) is 0 Å². The summed E-state index contributed by atoms with van der Waals surface area (Å²) >= 11 is 0. The molecule has 0 spiro atoms. The molecule has 0 amide bonds. The molecule has 1 heterocycles. The maximum absolute atomic E-state index is 3.65. The van der Waals surface area contributed by atoms with E-state index >= 15 is 0 Å². The second-order valence-electron chi connectivity index (χ2n) is 5.58. The highest BCUT2D eigenvalue weighted by molar-refractivity contribution is 4.74. The zero-order valence-corrected chi connectivity index (χ0v) is 12.2. The molecule has 1 saturated heterocycles. The van der Waals surface area contributed by atoms with Crippen molar-refractivity contribution in [1.29, 1.82) is 0 Å². The van der Waals surface area contributed by atoms with Gasteiger partial charge in [0.15, 0.2) is 0 Å². The highest BCUT2D eigenvalue weighted by Gasteiger charge is 2.17. The van der Waals surface area contributed by atoms with E-state index in [0.29, 0.717) is 0 Å². The maximum Gasteiger partial charge on any atom is 0.00669 e. The van der Waals surface area contributed by atoms with Crippen molar-refractivity contribution in [2.75, 3.05) is 19.6 Å². The Balaban J connectivity index is 2.12. The van der Waals surface area contributed by atoms with Gasteiger partial charge in [0.1, 0.15) is 0 Å². The number of nitrogens with zero attached hydrogens (tertiary/aromatic N) is 1. The molecular weight excluding hydrogens is 208 g/mol. The molecule has 0 saturated carbocycles. The van der Waals surface area contributed by atoms with E-state index in [1.54, 1.807) is 0 Å². The van der Waals surface area contributed by atoms with Crippen LogP contribution in [0.5, 0.6) is 0 Å².